The summed E-state index contributed by atoms with van der Waals surface area (Å²) in [6.45, 7) is 6.14. The third-order valence-corrected chi connectivity index (χ3v) is 2.95. The molecule has 0 amide bonds. The molecule has 2 rings (SSSR count). The Labute approximate surface area is 104 Å². The molecule has 1 aromatic heterocycles. The molecular formula is C14H15NO3. The number of nitrogens with one attached hydrogen (secondary N) is 1. The summed E-state index contributed by atoms with van der Waals surface area (Å²) < 4.78 is 0. The van der Waals surface area contributed by atoms with Crippen LogP contribution in [0.4, 0.5) is 0 Å². The lowest BCUT2D eigenvalue weighted by atomic mass is 9.85. The van der Waals surface area contributed by atoms with Gasteiger partial charge in [-0.25, -0.2) is 4.79 Å². The zero-order chi connectivity index (χ0) is 13.5. The number of H-pyrrole nitrogens is 1. The summed E-state index contributed by atoms with van der Waals surface area (Å²) in [4.78, 5) is 25.9. The predicted octanol–water partition coefficient (Wildman–Crippen LogP) is 2.52. The van der Waals surface area contributed by atoms with Crippen LogP contribution in [-0.4, -0.2) is 16.1 Å². The Balaban J connectivity index is 2.88. The van der Waals surface area contributed by atoms with Crippen molar-refractivity contribution in [2.75, 3.05) is 0 Å². The smallest absolute Gasteiger partial charge is 0.341 e. The van der Waals surface area contributed by atoms with E-state index in [2.05, 4.69) is 4.98 Å². The molecule has 0 fully saturated rings. The molecule has 0 unspecified atom stereocenters. The van der Waals surface area contributed by atoms with E-state index < -0.39 is 11.4 Å². The molecule has 0 saturated heterocycles. The van der Waals surface area contributed by atoms with E-state index in [1.165, 1.54) is 6.20 Å². The van der Waals surface area contributed by atoms with Crippen molar-refractivity contribution in [3.8, 4) is 0 Å². The summed E-state index contributed by atoms with van der Waals surface area (Å²) in [5.74, 6) is -1.21. The Kier molecular flexibility index (Phi) is 2.73. The maximum atomic E-state index is 12.0. The number of carbonyl (C=O) groups is 1. The Morgan fingerprint density at radius 1 is 1.28 bits per heavy atom. The van der Waals surface area contributed by atoms with Crippen LogP contribution in [0.15, 0.2) is 29.2 Å². The molecule has 0 aliphatic heterocycles. The molecule has 18 heavy (non-hydrogen) atoms. The Morgan fingerprint density at radius 3 is 2.50 bits per heavy atom. The van der Waals surface area contributed by atoms with Gasteiger partial charge in [0, 0.05) is 11.6 Å². The van der Waals surface area contributed by atoms with Crippen LogP contribution < -0.4 is 5.43 Å². The molecule has 0 aliphatic carbocycles. The summed E-state index contributed by atoms with van der Waals surface area (Å²) in [6.07, 6.45) is 1.27. The van der Waals surface area contributed by atoms with Crippen molar-refractivity contribution in [2.24, 2.45) is 0 Å². The van der Waals surface area contributed by atoms with Crippen molar-refractivity contribution >= 4 is 16.9 Å². The standard InChI is InChI=1S/C14H15NO3/c1-14(2,3)10-6-4-5-8-11(10)15-7-9(12(8)16)13(17)18/h4-7H,1-3H3,(H,15,16)(H,17,18). The number of benzene rings is 1. The minimum Gasteiger partial charge on any atom is -0.477 e. The molecule has 2 aromatic rings. The quantitative estimate of drug-likeness (QED) is 0.811. The number of aromatic amines is 1. The highest BCUT2D eigenvalue weighted by Gasteiger charge is 2.19. The third-order valence-electron chi connectivity index (χ3n) is 2.95. The van der Waals surface area contributed by atoms with E-state index in [1.54, 1.807) is 12.1 Å². The Hall–Kier alpha value is -2.10. The van der Waals surface area contributed by atoms with Crippen molar-refractivity contribution in [1.82, 2.24) is 4.98 Å². The van der Waals surface area contributed by atoms with Gasteiger partial charge < -0.3 is 10.1 Å². The van der Waals surface area contributed by atoms with Crippen LogP contribution >= 0.6 is 0 Å². The number of rotatable bonds is 1. The minimum absolute atomic E-state index is 0.118. The molecule has 4 nitrogen and oxygen atoms in total. The van der Waals surface area contributed by atoms with Crippen LogP contribution in [0, 0.1) is 0 Å². The number of fused-ring (bicyclic) bond motifs is 1. The first-order chi connectivity index (χ1) is 8.32. The van der Waals surface area contributed by atoms with E-state index in [1.807, 2.05) is 26.8 Å². The van der Waals surface area contributed by atoms with Crippen LogP contribution in [0.5, 0.6) is 0 Å². The minimum atomic E-state index is -1.21. The van der Waals surface area contributed by atoms with E-state index in [0.717, 1.165) is 5.56 Å². The van der Waals surface area contributed by atoms with Gasteiger partial charge in [-0.2, -0.15) is 0 Å². The molecular weight excluding hydrogens is 230 g/mol. The molecule has 1 aromatic carbocycles. The summed E-state index contributed by atoms with van der Waals surface area (Å²) in [5.41, 5.74) is 0.914. The predicted molar refractivity (Wildman–Crippen MR) is 70.2 cm³/mol. The van der Waals surface area contributed by atoms with Gasteiger partial charge in [0.1, 0.15) is 5.56 Å². The highest BCUT2D eigenvalue weighted by Crippen LogP contribution is 2.27. The van der Waals surface area contributed by atoms with Crippen LogP contribution in [0.2, 0.25) is 0 Å². The zero-order valence-corrected chi connectivity index (χ0v) is 10.6. The first-order valence-electron chi connectivity index (χ1n) is 5.70. The monoisotopic (exact) mass is 245 g/mol. The second-order valence-corrected chi connectivity index (χ2v) is 5.31. The molecule has 1 heterocycles. The number of hydrogen-bond donors (Lipinski definition) is 2. The maximum Gasteiger partial charge on any atom is 0.341 e. The first-order valence-corrected chi connectivity index (χ1v) is 5.70. The molecule has 0 aliphatic rings. The lowest BCUT2D eigenvalue weighted by Gasteiger charge is -2.20. The van der Waals surface area contributed by atoms with Gasteiger partial charge in [-0.1, -0.05) is 32.9 Å². The Bertz CT molecular complexity index is 677. The highest BCUT2D eigenvalue weighted by molar-refractivity contribution is 5.93. The van der Waals surface area contributed by atoms with Crippen molar-refractivity contribution < 1.29 is 9.90 Å². The van der Waals surface area contributed by atoms with Gasteiger partial charge in [0.25, 0.3) is 0 Å². The highest BCUT2D eigenvalue weighted by atomic mass is 16.4. The average molecular weight is 245 g/mol. The van der Waals surface area contributed by atoms with E-state index in [9.17, 15) is 9.59 Å². The summed E-state index contributed by atoms with van der Waals surface area (Å²) in [6, 6.07) is 5.37. The molecule has 0 atom stereocenters. The SMILES string of the molecule is CC(C)(C)c1cccc2c(=O)c(C(=O)O)c[nH]c12. The van der Waals surface area contributed by atoms with Gasteiger partial charge in [0.15, 0.2) is 0 Å². The number of pyridine rings is 1. The summed E-state index contributed by atoms with van der Waals surface area (Å²) >= 11 is 0. The number of carboxylic acids is 1. The lowest BCUT2D eigenvalue weighted by Crippen LogP contribution is -2.18. The van der Waals surface area contributed by atoms with E-state index in [-0.39, 0.29) is 11.0 Å². The fraction of sp³-hybridized carbons (Fsp3) is 0.286. The summed E-state index contributed by atoms with van der Waals surface area (Å²) in [7, 11) is 0. The fourth-order valence-corrected chi connectivity index (χ4v) is 2.04. The maximum absolute atomic E-state index is 12.0. The van der Waals surface area contributed by atoms with Crippen molar-refractivity contribution in [2.45, 2.75) is 26.2 Å². The van der Waals surface area contributed by atoms with Crippen molar-refractivity contribution in [3.05, 3.63) is 45.7 Å². The molecule has 0 saturated carbocycles. The Morgan fingerprint density at radius 2 is 1.94 bits per heavy atom. The second kappa shape index (κ2) is 3.98. The number of para-hydroxylation sites is 1. The van der Waals surface area contributed by atoms with Crippen molar-refractivity contribution in [3.63, 3.8) is 0 Å². The van der Waals surface area contributed by atoms with Gasteiger partial charge in [0.05, 0.1) is 5.52 Å². The second-order valence-electron chi connectivity index (χ2n) is 5.31. The normalized spacial score (nSPS) is 11.7. The topological polar surface area (TPSA) is 70.2 Å². The number of hydrogen-bond acceptors (Lipinski definition) is 2. The number of carboxylic acid groups (broad SMARTS) is 1. The zero-order valence-electron chi connectivity index (χ0n) is 10.6. The van der Waals surface area contributed by atoms with Crippen LogP contribution in [0.3, 0.4) is 0 Å². The van der Waals surface area contributed by atoms with Gasteiger partial charge >= 0.3 is 5.97 Å². The van der Waals surface area contributed by atoms with Crippen LogP contribution in [0.1, 0.15) is 36.7 Å². The van der Waals surface area contributed by atoms with Crippen molar-refractivity contribution in [1.29, 1.82) is 0 Å². The lowest BCUT2D eigenvalue weighted by molar-refractivity contribution is 0.0695. The number of aromatic nitrogens is 1. The molecule has 94 valence electrons. The largest absolute Gasteiger partial charge is 0.477 e. The fourth-order valence-electron chi connectivity index (χ4n) is 2.04. The van der Waals surface area contributed by atoms with Gasteiger partial charge in [0.2, 0.25) is 5.43 Å². The number of aromatic carboxylic acids is 1. The molecule has 0 bridgehead atoms. The van der Waals surface area contributed by atoms with E-state index in [0.29, 0.717) is 10.9 Å². The van der Waals surface area contributed by atoms with E-state index in [4.69, 9.17) is 5.11 Å². The average Bonchev–Trinajstić information content (AvgIpc) is 2.27. The third kappa shape index (κ3) is 1.90. The molecule has 0 radical (unpaired) electrons. The van der Waals surface area contributed by atoms with Gasteiger partial charge in [-0.3, -0.25) is 4.79 Å². The molecule has 0 spiro atoms. The van der Waals surface area contributed by atoms with Crippen LogP contribution in [-0.2, 0) is 5.41 Å². The summed E-state index contributed by atoms with van der Waals surface area (Å²) in [5, 5.41) is 9.35. The van der Waals surface area contributed by atoms with E-state index >= 15 is 0 Å². The molecule has 2 N–H and O–H groups in total. The molecule has 4 heteroatoms. The first kappa shape index (κ1) is 12.4. The van der Waals surface area contributed by atoms with Crippen LogP contribution in [0.25, 0.3) is 10.9 Å². The van der Waals surface area contributed by atoms with Gasteiger partial charge in [-0.05, 0) is 17.0 Å². The van der Waals surface area contributed by atoms with Gasteiger partial charge in [-0.15, -0.1) is 0 Å².